The first-order valence-corrected chi connectivity index (χ1v) is 8.42. The number of benzene rings is 1. The van der Waals surface area contributed by atoms with Crippen molar-refractivity contribution in [3.05, 3.63) is 46.1 Å². The van der Waals surface area contributed by atoms with Crippen molar-refractivity contribution in [1.29, 1.82) is 0 Å². The van der Waals surface area contributed by atoms with E-state index in [-0.39, 0.29) is 20.6 Å². The van der Waals surface area contributed by atoms with Gasteiger partial charge in [-0.15, -0.1) is 0 Å². The minimum Gasteiger partial charge on any atom is -0.298 e. The van der Waals surface area contributed by atoms with Crippen molar-refractivity contribution in [2.24, 2.45) is 0 Å². The summed E-state index contributed by atoms with van der Waals surface area (Å²) in [6, 6.07) is 5.69. The number of nitrogens with zero attached hydrogens (tertiary/aromatic N) is 3. The number of hydrogen-bond donors (Lipinski definition) is 1. The van der Waals surface area contributed by atoms with E-state index in [1.54, 1.807) is 0 Å². The van der Waals surface area contributed by atoms with Crippen LogP contribution in [0.2, 0.25) is 0 Å². The van der Waals surface area contributed by atoms with E-state index in [1.807, 2.05) is 0 Å². The molecule has 0 unspecified atom stereocenters. The van der Waals surface area contributed by atoms with Crippen molar-refractivity contribution < 1.29 is 18.1 Å². The largest absolute Gasteiger partial charge is 0.345 e. The first kappa shape index (κ1) is 17.0. The number of thiazole rings is 1. The van der Waals surface area contributed by atoms with Crippen molar-refractivity contribution >= 4 is 37.4 Å². The molecule has 0 bridgehead atoms. The van der Waals surface area contributed by atoms with Crippen LogP contribution in [0, 0.1) is 10.1 Å². The van der Waals surface area contributed by atoms with Crippen molar-refractivity contribution in [2.45, 2.75) is 4.90 Å². The van der Waals surface area contributed by atoms with E-state index < -0.39 is 20.9 Å². The highest BCUT2D eigenvalue weighted by molar-refractivity contribution is 7.89. The van der Waals surface area contributed by atoms with Gasteiger partial charge in [0.2, 0.25) is 10.0 Å². The lowest BCUT2D eigenvalue weighted by atomic mass is 10.2. The fourth-order valence-corrected chi connectivity index (χ4v) is 3.36. The van der Waals surface area contributed by atoms with Gasteiger partial charge in [0.1, 0.15) is 6.20 Å². The van der Waals surface area contributed by atoms with Crippen molar-refractivity contribution in [3.8, 4) is 0 Å². The lowest BCUT2D eigenvalue weighted by Gasteiger charge is -2.14. The second-order valence-corrected chi connectivity index (χ2v) is 7.63. The summed E-state index contributed by atoms with van der Waals surface area (Å²) >= 11 is 0.682. The second kappa shape index (κ2) is 6.40. The maximum Gasteiger partial charge on any atom is 0.345 e. The Bertz CT molecular complexity index is 860. The molecule has 11 heteroatoms. The van der Waals surface area contributed by atoms with Gasteiger partial charge in [0, 0.05) is 14.1 Å². The third kappa shape index (κ3) is 3.52. The molecular formula is C12H12N4O5S2. The van der Waals surface area contributed by atoms with Crippen LogP contribution in [0.1, 0.15) is 10.4 Å². The van der Waals surface area contributed by atoms with E-state index in [1.165, 1.54) is 38.4 Å². The van der Waals surface area contributed by atoms with Crippen molar-refractivity contribution in [3.63, 3.8) is 0 Å². The van der Waals surface area contributed by atoms with E-state index >= 15 is 0 Å². The molecule has 1 amide bonds. The van der Waals surface area contributed by atoms with Crippen LogP contribution >= 0.6 is 11.3 Å². The minimum absolute atomic E-state index is 0.0127. The number of anilines is 1. The molecule has 1 aromatic heterocycles. The molecular weight excluding hydrogens is 344 g/mol. The molecule has 0 spiro atoms. The molecule has 0 saturated carbocycles. The highest BCUT2D eigenvalue weighted by Gasteiger charge is 2.25. The number of hydrogen-bond acceptors (Lipinski definition) is 7. The van der Waals surface area contributed by atoms with E-state index in [4.69, 9.17) is 0 Å². The van der Waals surface area contributed by atoms with Crippen LogP contribution in [0.15, 0.2) is 35.4 Å². The third-order valence-corrected chi connectivity index (χ3v) is 5.52. The molecule has 0 aliphatic carbocycles. The lowest BCUT2D eigenvalue weighted by Crippen LogP contribution is -2.25. The van der Waals surface area contributed by atoms with Gasteiger partial charge in [-0.1, -0.05) is 12.1 Å². The smallest absolute Gasteiger partial charge is 0.298 e. The predicted molar refractivity (Wildman–Crippen MR) is 84.0 cm³/mol. The number of amides is 1. The number of nitrogens with one attached hydrogen (secondary N) is 1. The zero-order valence-corrected chi connectivity index (χ0v) is 13.7. The Balaban J connectivity index is 2.35. The quantitative estimate of drug-likeness (QED) is 0.640. The molecule has 2 aromatic rings. The van der Waals surface area contributed by atoms with Crippen LogP contribution in [0.25, 0.3) is 0 Å². The molecule has 0 saturated heterocycles. The Morgan fingerprint density at radius 1 is 1.35 bits per heavy atom. The molecule has 0 fully saturated rings. The van der Waals surface area contributed by atoms with Crippen LogP contribution in [-0.4, -0.2) is 42.6 Å². The van der Waals surface area contributed by atoms with E-state index in [0.717, 1.165) is 10.5 Å². The summed E-state index contributed by atoms with van der Waals surface area (Å²) in [4.78, 5) is 25.8. The Labute approximate surface area is 135 Å². The Hall–Kier alpha value is -2.37. The zero-order chi connectivity index (χ0) is 17.2. The zero-order valence-electron chi connectivity index (χ0n) is 12.1. The maximum absolute atomic E-state index is 12.3. The Morgan fingerprint density at radius 3 is 2.57 bits per heavy atom. The second-order valence-electron chi connectivity index (χ2n) is 4.50. The van der Waals surface area contributed by atoms with E-state index in [0.29, 0.717) is 11.3 Å². The number of aromatic nitrogens is 1. The van der Waals surface area contributed by atoms with Crippen LogP contribution < -0.4 is 5.32 Å². The fourth-order valence-electron chi connectivity index (χ4n) is 1.65. The molecule has 2 rings (SSSR count). The van der Waals surface area contributed by atoms with Crippen molar-refractivity contribution in [2.75, 3.05) is 19.4 Å². The first-order chi connectivity index (χ1) is 10.7. The number of nitro groups is 1. The molecule has 0 aliphatic heterocycles. The fraction of sp³-hybridized carbons (Fsp3) is 0.167. The summed E-state index contributed by atoms with van der Waals surface area (Å²) in [5, 5.41) is 12.8. The standard InChI is InChI=1S/C12H12N4O5S2/c1-15(2)23(20,21)9-6-4-3-5-8(9)11(17)14-12-13-7-10(22-12)16(18)19/h3-7H,1-2H3,(H,13,14,17). The average molecular weight is 356 g/mol. The summed E-state index contributed by atoms with van der Waals surface area (Å²) in [5.74, 6) is -0.713. The highest BCUT2D eigenvalue weighted by Crippen LogP contribution is 2.26. The SMILES string of the molecule is CN(C)S(=O)(=O)c1ccccc1C(=O)Nc1ncc([N+](=O)[O-])s1. The molecule has 1 aromatic carbocycles. The molecule has 23 heavy (non-hydrogen) atoms. The predicted octanol–water partition coefficient (Wildman–Crippen LogP) is 1.55. The molecule has 9 nitrogen and oxygen atoms in total. The summed E-state index contributed by atoms with van der Waals surface area (Å²) in [5.41, 5.74) is -0.0703. The normalized spacial score (nSPS) is 11.4. The number of rotatable bonds is 5. The topological polar surface area (TPSA) is 123 Å². The number of sulfonamides is 1. The van der Waals surface area contributed by atoms with Crippen molar-refractivity contribution in [1.82, 2.24) is 9.29 Å². The van der Waals surface area contributed by atoms with E-state index in [9.17, 15) is 23.3 Å². The van der Waals surface area contributed by atoms with Gasteiger partial charge in [-0.05, 0) is 23.5 Å². The summed E-state index contributed by atoms with van der Waals surface area (Å²) in [6.45, 7) is 0. The van der Waals surface area contributed by atoms with Gasteiger partial charge < -0.3 is 0 Å². The van der Waals surface area contributed by atoms with Gasteiger partial charge in [-0.25, -0.2) is 17.7 Å². The Kier molecular flexibility index (Phi) is 4.73. The molecule has 122 valence electrons. The summed E-state index contributed by atoms with van der Waals surface area (Å²) in [6.07, 6.45) is 1.02. The van der Waals surface area contributed by atoms with Crippen LogP contribution in [0.3, 0.4) is 0 Å². The number of carbonyl (C=O) groups excluding carboxylic acids is 1. The molecule has 1 heterocycles. The van der Waals surface area contributed by atoms with E-state index in [2.05, 4.69) is 10.3 Å². The van der Waals surface area contributed by atoms with Crippen LogP contribution in [-0.2, 0) is 10.0 Å². The van der Waals surface area contributed by atoms with Gasteiger partial charge in [-0.2, -0.15) is 0 Å². The number of carbonyl (C=O) groups is 1. The highest BCUT2D eigenvalue weighted by atomic mass is 32.2. The monoisotopic (exact) mass is 356 g/mol. The van der Waals surface area contributed by atoms with Crippen LogP contribution in [0.4, 0.5) is 10.1 Å². The molecule has 0 aliphatic rings. The first-order valence-electron chi connectivity index (χ1n) is 6.16. The molecule has 0 atom stereocenters. The van der Waals surface area contributed by atoms with Gasteiger partial charge >= 0.3 is 5.00 Å². The van der Waals surface area contributed by atoms with Gasteiger partial charge in [-0.3, -0.25) is 20.2 Å². The van der Waals surface area contributed by atoms with Gasteiger partial charge in [0.25, 0.3) is 5.91 Å². The van der Waals surface area contributed by atoms with Crippen LogP contribution in [0.5, 0.6) is 0 Å². The lowest BCUT2D eigenvalue weighted by molar-refractivity contribution is -0.380. The van der Waals surface area contributed by atoms with Gasteiger partial charge in [0.05, 0.1) is 15.4 Å². The average Bonchev–Trinajstić information content (AvgIpc) is 2.95. The third-order valence-electron chi connectivity index (χ3n) is 2.78. The minimum atomic E-state index is -3.81. The summed E-state index contributed by atoms with van der Waals surface area (Å²) in [7, 11) is -1.10. The van der Waals surface area contributed by atoms with Gasteiger partial charge in [0.15, 0.2) is 5.13 Å². The molecule has 1 N–H and O–H groups in total. The maximum atomic E-state index is 12.3. The summed E-state index contributed by atoms with van der Waals surface area (Å²) < 4.78 is 25.5. The Morgan fingerprint density at radius 2 is 2.00 bits per heavy atom. The molecule has 0 radical (unpaired) electrons.